The van der Waals surface area contributed by atoms with Gasteiger partial charge in [0, 0.05) is 28.6 Å². The smallest absolute Gasteiger partial charge is 0.0406 e. The molecule has 0 unspecified atom stereocenters. The van der Waals surface area contributed by atoms with Crippen LogP contribution < -0.4 is 0 Å². The summed E-state index contributed by atoms with van der Waals surface area (Å²) in [6.07, 6.45) is 6.01. The maximum absolute atomic E-state index is 6.00. The fraction of sp³-hybridized carbons (Fsp3) is 0.500. The topological polar surface area (TPSA) is 3.24 Å². The minimum atomic E-state index is 0.516. The highest BCUT2D eigenvalue weighted by Gasteiger charge is 2.44. The maximum atomic E-state index is 6.00. The molecule has 2 saturated heterocycles. The summed E-state index contributed by atoms with van der Waals surface area (Å²) in [6, 6.07) is 9.71. The standard InChI is InChI=1S/C16H19Cl2N/c1-19-13-6-7-16(19)14(8-9-17)15(10-13)11-2-4-12(18)5-3-11/h2-5,8-9,13-16H,6-7,10H2,1H3/b9-8+/t13-,14-,15+,16+/m0/s1. The summed E-state index contributed by atoms with van der Waals surface area (Å²) in [6.45, 7) is 0. The summed E-state index contributed by atoms with van der Waals surface area (Å²) in [5, 5.41) is 0.809. The van der Waals surface area contributed by atoms with Crippen LogP contribution in [0.25, 0.3) is 0 Å². The number of hydrogen-bond acceptors (Lipinski definition) is 1. The molecule has 0 spiro atoms. The third-order valence-electron chi connectivity index (χ3n) is 4.92. The Kier molecular flexibility index (Phi) is 3.88. The van der Waals surface area contributed by atoms with E-state index in [1.54, 1.807) is 5.54 Å². The van der Waals surface area contributed by atoms with Crippen LogP contribution >= 0.6 is 23.2 Å². The van der Waals surface area contributed by atoms with Gasteiger partial charge < -0.3 is 0 Å². The Hall–Kier alpha value is -0.500. The molecule has 19 heavy (non-hydrogen) atoms. The largest absolute Gasteiger partial charge is 0.300 e. The second kappa shape index (κ2) is 5.47. The molecule has 3 heteroatoms. The highest BCUT2D eigenvalue weighted by Crippen LogP contribution is 2.46. The van der Waals surface area contributed by atoms with Crippen molar-refractivity contribution in [2.45, 2.75) is 37.3 Å². The van der Waals surface area contributed by atoms with Crippen molar-refractivity contribution in [2.75, 3.05) is 7.05 Å². The fourth-order valence-corrected chi connectivity index (χ4v) is 4.22. The number of nitrogens with zero attached hydrogens (tertiary/aromatic N) is 1. The summed E-state index contributed by atoms with van der Waals surface area (Å²) in [5.41, 5.74) is 3.09. The molecule has 3 rings (SSSR count). The van der Waals surface area contributed by atoms with Gasteiger partial charge in [0.1, 0.15) is 0 Å². The zero-order valence-corrected chi connectivity index (χ0v) is 12.6. The first kappa shape index (κ1) is 13.5. The number of fused-ring (bicyclic) bond motifs is 2. The van der Waals surface area contributed by atoms with Gasteiger partial charge in [-0.3, -0.25) is 4.90 Å². The van der Waals surface area contributed by atoms with Gasteiger partial charge >= 0.3 is 0 Å². The van der Waals surface area contributed by atoms with E-state index in [0.717, 1.165) is 11.1 Å². The first-order valence-electron chi connectivity index (χ1n) is 6.95. The molecule has 0 radical (unpaired) electrons. The van der Waals surface area contributed by atoms with Crippen LogP contribution in [-0.4, -0.2) is 24.0 Å². The van der Waals surface area contributed by atoms with Gasteiger partial charge in [-0.2, -0.15) is 0 Å². The van der Waals surface area contributed by atoms with Crippen LogP contribution in [0.1, 0.15) is 30.7 Å². The van der Waals surface area contributed by atoms with Gasteiger partial charge in [0.05, 0.1) is 0 Å². The van der Waals surface area contributed by atoms with Gasteiger partial charge in [-0.15, -0.1) is 0 Å². The lowest BCUT2D eigenvalue weighted by Gasteiger charge is -2.42. The van der Waals surface area contributed by atoms with Crippen molar-refractivity contribution in [1.82, 2.24) is 4.90 Å². The number of hydrogen-bond donors (Lipinski definition) is 0. The summed E-state index contributed by atoms with van der Waals surface area (Å²) in [4.78, 5) is 2.55. The molecule has 0 aromatic heterocycles. The molecule has 0 aliphatic carbocycles. The third-order valence-corrected chi connectivity index (χ3v) is 5.32. The predicted molar refractivity (Wildman–Crippen MR) is 81.9 cm³/mol. The fourth-order valence-electron chi connectivity index (χ4n) is 3.92. The van der Waals surface area contributed by atoms with Crippen molar-refractivity contribution in [3.05, 3.63) is 46.5 Å². The average Bonchev–Trinajstić information content (AvgIpc) is 2.65. The van der Waals surface area contributed by atoms with Crippen molar-refractivity contribution in [1.29, 1.82) is 0 Å². The predicted octanol–water partition coefficient (Wildman–Crippen LogP) is 4.66. The van der Waals surface area contributed by atoms with Crippen LogP contribution in [0.4, 0.5) is 0 Å². The number of halogens is 2. The molecule has 2 bridgehead atoms. The Morgan fingerprint density at radius 2 is 1.95 bits per heavy atom. The Bertz CT molecular complexity index is 468. The molecule has 102 valence electrons. The van der Waals surface area contributed by atoms with E-state index < -0.39 is 0 Å². The van der Waals surface area contributed by atoms with Gasteiger partial charge in [-0.05, 0) is 49.9 Å². The van der Waals surface area contributed by atoms with Crippen LogP contribution in [0.2, 0.25) is 5.02 Å². The zero-order chi connectivity index (χ0) is 13.4. The van der Waals surface area contributed by atoms with Crippen LogP contribution in [0.15, 0.2) is 35.9 Å². The molecule has 2 aliphatic rings. The third kappa shape index (κ3) is 2.44. The van der Waals surface area contributed by atoms with Crippen LogP contribution in [0, 0.1) is 5.92 Å². The van der Waals surface area contributed by atoms with Crippen LogP contribution in [0.3, 0.4) is 0 Å². The van der Waals surface area contributed by atoms with Gasteiger partial charge in [-0.25, -0.2) is 0 Å². The van der Waals surface area contributed by atoms with Crippen LogP contribution in [-0.2, 0) is 0 Å². The Labute approximate surface area is 125 Å². The van der Waals surface area contributed by atoms with Crippen molar-refractivity contribution in [3.8, 4) is 0 Å². The zero-order valence-electron chi connectivity index (χ0n) is 11.1. The number of benzene rings is 1. The first-order chi connectivity index (χ1) is 9.20. The highest BCUT2D eigenvalue weighted by atomic mass is 35.5. The minimum Gasteiger partial charge on any atom is -0.300 e. The van der Waals surface area contributed by atoms with Crippen LogP contribution in [0.5, 0.6) is 0 Å². The van der Waals surface area contributed by atoms with Crippen molar-refractivity contribution < 1.29 is 0 Å². The minimum absolute atomic E-state index is 0.516. The maximum Gasteiger partial charge on any atom is 0.0406 e. The van der Waals surface area contributed by atoms with Crippen molar-refractivity contribution >= 4 is 23.2 Å². The van der Waals surface area contributed by atoms with E-state index in [1.807, 2.05) is 12.1 Å². The second-order valence-electron chi connectivity index (χ2n) is 5.75. The summed E-state index contributed by atoms with van der Waals surface area (Å²) < 4.78 is 0. The van der Waals surface area contributed by atoms with Crippen molar-refractivity contribution in [3.63, 3.8) is 0 Å². The van der Waals surface area contributed by atoms with Gasteiger partial charge in [0.15, 0.2) is 0 Å². The SMILES string of the molecule is CN1[C@H]2CC[C@@H]1[C@@H](/C=C/Cl)[C@@H](c1ccc(Cl)cc1)C2. The first-order valence-corrected chi connectivity index (χ1v) is 7.76. The molecular weight excluding hydrogens is 277 g/mol. The summed E-state index contributed by atoms with van der Waals surface area (Å²) >= 11 is 11.9. The highest BCUT2D eigenvalue weighted by molar-refractivity contribution is 6.30. The lowest BCUT2D eigenvalue weighted by Crippen LogP contribution is -2.44. The van der Waals surface area contributed by atoms with E-state index in [1.165, 1.54) is 24.8 Å². The number of piperidine rings is 1. The molecule has 0 saturated carbocycles. The Morgan fingerprint density at radius 1 is 1.21 bits per heavy atom. The normalized spacial score (nSPS) is 35.1. The van der Waals surface area contributed by atoms with E-state index in [-0.39, 0.29) is 0 Å². The van der Waals surface area contributed by atoms with E-state index in [0.29, 0.717) is 17.9 Å². The van der Waals surface area contributed by atoms with Gasteiger partial charge in [-0.1, -0.05) is 41.4 Å². The molecule has 1 aromatic rings. The molecular formula is C16H19Cl2N. The Balaban J connectivity index is 1.93. The molecule has 1 nitrogen and oxygen atoms in total. The van der Waals surface area contributed by atoms with Gasteiger partial charge in [0.25, 0.3) is 0 Å². The molecule has 0 N–H and O–H groups in total. The lowest BCUT2D eigenvalue weighted by molar-refractivity contribution is 0.124. The van der Waals surface area contributed by atoms with E-state index >= 15 is 0 Å². The van der Waals surface area contributed by atoms with E-state index in [9.17, 15) is 0 Å². The summed E-state index contributed by atoms with van der Waals surface area (Å²) in [7, 11) is 2.26. The Morgan fingerprint density at radius 3 is 2.63 bits per heavy atom. The molecule has 2 fully saturated rings. The van der Waals surface area contributed by atoms with Gasteiger partial charge in [0.2, 0.25) is 0 Å². The quantitative estimate of drug-likeness (QED) is 0.767. The van der Waals surface area contributed by atoms with E-state index in [4.69, 9.17) is 23.2 Å². The summed E-state index contributed by atoms with van der Waals surface area (Å²) in [5.74, 6) is 1.09. The monoisotopic (exact) mass is 295 g/mol. The van der Waals surface area contributed by atoms with Crippen molar-refractivity contribution in [2.24, 2.45) is 5.92 Å². The van der Waals surface area contributed by atoms with E-state index in [2.05, 4.69) is 30.2 Å². The average molecular weight is 296 g/mol. The lowest BCUT2D eigenvalue weighted by atomic mass is 9.76. The molecule has 2 aliphatic heterocycles. The number of rotatable bonds is 2. The second-order valence-corrected chi connectivity index (χ2v) is 6.44. The molecule has 1 aromatic carbocycles. The molecule has 4 atom stereocenters. The molecule has 2 heterocycles. The molecule has 0 amide bonds.